The van der Waals surface area contributed by atoms with Gasteiger partial charge in [-0.3, -0.25) is 0 Å². The number of nitrogens with zero attached hydrogens (tertiary/aromatic N) is 2. The number of aromatic nitrogens is 2. The molecule has 0 amide bonds. The predicted molar refractivity (Wildman–Crippen MR) is 96.0 cm³/mol. The molecule has 1 aromatic heterocycles. The molecule has 0 saturated heterocycles. The third kappa shape index (κ3) is 4.15. The van der Waals surface area contributed by atoms with E-state index in [1.807, 2.05) is 49.4 Å². The Hall–Kier alpha value is -2.33. The van der Waals surface area contributed by atoms with Crippen molar-refractivity contribution in [1.29, 1.82) is 0 Å². The number of para-hydroxylation sites is 1. The second-order valence-corrected chi connectivity index (χ2v) is 5.92. The van der Waals surface area contributed by atoms with Gasteiger partial charge in [-0.15, -0.1) is 0 Å². The van der Waals surface area contributed by atoms with Crippen LogP contribution in [0.4, 0.5) is 0 Å². The van der Waals surface area contributed by atoms with E-state index in [9.17, 15) is 0 Å². The number of fused-ring (bicyclic) bond motifs is 1. The summed E-state index contributed by atoms with van der Waals surface area (Å²) in [6.45, 7) is 3.22. The molecule has 0 saturated carbocycles. The number of hydrogen-bond donors (Lipinski definition) is 0. The Labute approximate surface area is 146 Å². The Bertz CT molecular complexity index is 818. The largest absolute Gasteiger partial charge is 0.494 e. The molecule has 2 aromatic carbocycles. The van der Waals surface area contributed by atoms with Crippen molar-refractivity contribution in [3.8, 4) is 11.6 Å². The Kier molecular flexibility index (Phi) is 5.49. The number of benzene rings is 2. The lowest BCUT2D eigenvalue weighted by Gasteiger charge is -2.09. The zero-order valence-electron chi connectivity index (χ0n) is 13.5. The maximum absolute atomic E-state index is 6.00. The third-order valence-corrected chi connectivity index (χ3v) is 4.11. The average Bonchev–Trinajstić information content (AvgIpc) is 2.61. The summed E-state index contributed by atoms with van der Waals surface area (Å²) in [7, 11) is 0. The molecule has 5 heteroatoms. The standard InChI is InChI=1S/C19H19ClN2O2/c1-14-12-15(8-9-17(14)20)23-10-4-5-11-24-19-16-6-2-3-7-18(16)21-13-22-19/h2-3,6-9,12-13H,4-5,10-11H2,1H3. The van der Waals surface area contributed by atoms with E-state index >= 15 is 0 Å². The molecule has 0 unspecified atom stereocenters. The van der Waals surface area contributed by atoms with Gasteiger partial charge in [0.15, 0.2) is 0 Å². The van der Waals surface area contributed by atoms with Gasteiger partial charge in [-0.05, 0) is 55.7 Å². The summed E-state index contributed by atoms with van der Waals surface area (Å²) in [6, 6.07) is 13.5. The molecule has 0 aliphatic carbocycles. The molecule has 24 heavy (non-hydrogen) atoms. The van der Waals surface area contributed by atoms with E-state index in [2.05, 4.69) is 9.97 Å². The second-order valence-electron chi connectivity index (χ2n) is 5.51. The van der Waals surface area contributed by atoms with Crippen LogP contribution >= 0.6 is 11.6 Å². The van der Waals surface area contributed by atoms with Crippen LogP contribution in [-0.2, 0) is 0 Å². The normalized spacial score (nSPS) is 10.8. The van der Waals surface area contributed by atoms with Gasteiger partial charge in [0, 0.05) is 5.02 Å². The minimum Gasteiger partial charge on any atom is -0.494 e. The van der Waals surface area contributed by atoms with Crippen LogP contribution in [-0.4, -0.2) is 23.2 Å². The monoisotopic (exact) mass is 342 g/mol. The lowest BCUT2D eigenvalue weighted by Crippen LogP contribution is -2.04. The summed E-state index contributed by atoms with van der Waals surface area (Å²) in [5, 5.41) is 1.70. The molecule has 1 heterocycles. The van der Waals surface area contributed by atoms with E-state index in [0.29, 0.717) is 19.1 Å². The Balaban J connectivity index is 1.43. The van der Waals surface area contributed by atoms with Gasteiger partial charge in [0.1, 0.15) is 12.1 Å². The van der Waals surface area contributed by atoms with Crippen LogP contribution in [0.5, 0.6) is 11.6 Å². The molecule has 0 aliphatic rings. The highest BCUT2D eigenvalue weighted by Crippen LogP contribution is 2.22. The molecule has 4 nitrogen and oxygen atoms in total. The first-order chi connectivity index (χ1) is 11.7. The number of unbranched alkanes of at least 4 members (excludes halogenated alkanes) is 1. The van der Waals surface area contributed by atoms with Gasteiger partial charge in [-0.25, -0.2) is 9.97 Å². The van der Waals surface area contributed by atoms with E-state index < -0.39 is 0 Å². The van der Waals surface area contributed by atoms with Crippen LogP contribution in [0.15, 0.2) is 48.8 Å². The van der Waals surface area contributed by atoms with Gasteiger partial charge >= 0.3 is 0 Å². The van der Waals surface area contributed by atoms with Crippen LogP contribution < -0.4 is 9.47 Å². The molecule has 0 N–H and O–H groups in total. The zero-order valence-corrected chi connectivity index (χ0v) is 14.3. The molecule has 0 atom stereocenters. The SMILES string of the molecule is Cc1cc(OCCCCOc2ncnc3ccccc23)ccc1Cl. The maximum atomic E-state index is 6.00. The lowest BCUT2D eigenvalue weighted by molar-refractivity contribution is 0.263. The number of aryl methyl sites for hydroxylation is 1. The van der Waals surface area contributed by atoms with Crippen molar-refractivity contribution in [3.63, 3.8) is 0 Å². The summed E-state index contributed by atoms with van der Waals surface area (Å²) in [5.41, 5.74) is 1.91. The van der Waals surface area contributed by atoms with Crippen LogP contribution in [0, 0.1) is 6.92 Å². The molecule has 3 aromatic rings. The fourth-order valence-corrected chi connectivity index (χ4v) is 2.48. The predicted octanol–water partition coefficient (Wildman–Crippen LogP) is 4.83. The quantitative estimate of drug-likeness (QED) is 0.577. The smallest absolute Gasteiger partial charge is 0.224 e. The van der Waals surface area contributed by atoms with E-state index in [-0.39, 0.29) is 0 Å². The Morgan fingerprint density at radius 3 is 2.58 bits per heavy atom. The maximum Gasteiger partial charge on any atom is 0.224 e. The first kappa shape index (κ1) is 16.5. The van der Waals surface area contributed by atoms with Crippen molar-refractivity contribution in [1.82, 2.24) is 9.97 Å². The average molecular weight is 343 g/mol. The molecule has 0 aliphatic heterocycles. The van der Waals surface area contributed by atoms with Crippen molar-refractivity contribution in [3.05, 3.63) is 59.4 Å². The van der Waals surface area contributed by atoms with Gasteiger partial charge in [0.2, 0.25) is 5.88 Å². The second kappa shape index (κ2) is 7.97. The number of rotatable bonds is 7. The molecule has 0 radical (unpaired) electrons. The van der Waals surface area contributed by atoms with Crippen molar-refractivity contribution in [2.24, 2.45) is 0 Å². The number of hydrogen-bond acceptors (Lipinski definition) is 4. The molecular weight excluding hydrogens is 324 g/mol. The summed E-state index contributed by atoms with van der Waals surface area (Å²) < 4.78 is 11.5. The van der Waals surface area contributed by atoms with Crippen molar-refractivity contribution >= 4 is 22.5 Å². The van der Waals surface area contributed by atoms with E-state index in [1.165, 1.54) is 6.33 Å². The van der Waals surface area contributed by atoms with E-state index in [4.69, 9.17) is 21.1 Å². The molecule has 124 valence electrons. The topological polar surface area (TPSA) is 44.2 Å². The number of halogens is 1. The minimum atomic E-state index is 0.601. The van der Waals surface area contributed by atoms with Gasteiger partial charge in [-0.1, -0.05) is 23.7 Å². The zero-order chi connectivity index (χ0) is 16.8. The minimum absolute atomic E-state index is 0.601. The van der Waals surface area contributed by atoms with Crippen LogP contribution in [0.25, 0.3) is 10.9 Å². The summed E-state index contributed by atoms with van der Waals surface area (Å²) >= 11 is 6.00. The van der Waals surface area contributed by atoms with Crippen LogP contribution in [0.3, 0.4) is 0 Å². The van der Waals surface area contributed by atoms with E-state index in [0.717, 1.165) is 40.1 Å². The van der Waals surface area contributed by atoms with Crippen LogP contribution in [0.2, 0.25) is 5.02 Å². The van der Waals surface area contributed by atoms with Gasteiger partial charge in [-0.2, -0.15) is 0 Å². The molecule has 0 bridgehead atoms. The number of ether oxygens (including phenoxy) is 2. The van der Waals surface area contributed by atoms with Gasteiger partial charge in [0.05, 0.1) is 24.1 Å². The summed E-state index contributed by atoms with van der Waals surface area (Å²) in [4.78, 5) is 8.44. The summed E-state index contributed by atoms with van der Waals surface area (Å²) in [5.74, 6) is 1.48. The highest BCUT2D eigenvalue weighted by molar-refractivity contribution is 6.31. The fourth-order valence-electron chi connectivity index (χ4n) is 2.37. The highest BCUT2D eigenvalue weighted by atomic mass is 35.5. The fraction of sp³-hybridized carbons (Fsp3) is 0.263. The molecule has 0 spiro atoms. The third-order valence-electron chi connectivity index (χ3n) is 3.68. The first-order valence-electron chi connectivity index (χ1n) is 7.95. The molecular formula is C19H19ClN2O2. The lowest BCUT2D eigenvalue weighted by atomic mass is 10.2. The van der Waals surface area contributed by atoms with Crippen molar-refractivity contribution in [2.75, 3.05) is 13.2 Å². The van der Waals surface area contributed by atoms with Crippen molar-refractivity contribution < 1.29 is 9.47 Å². The highest BCUT2D eigenvalue weighted by Gasteiger charge is 2.04. The van der Waals surface area contributed by atoms with E-state index in [1.54, 1.807) is 0 Å². The summed E-state index contributed by atoms with van der Waals surface area (Å²) in [6.07, 6.45) is 3.33. The van der Waals surface area contributed by atoms with Crippen molar-refractivity contribution in [2.45, 2.75) is 19.8 Å². The first-order valence-corrected chi connectivity index (χ1v) is 8.33. The molecule has 3 rings (SSSR count). The van der Waals surface area contributed by atoms with Crippen LogP contribution in [0.1, 0.15) is 18.4 Å². The van der Waals surface area contributed by atoms with Gasteiger partial charge in [0.25, 0.3) is 0 Å². The Morgan fingerprint density at radius 1 is 0.958 bits per heavy atom. The van der Waals surface area contributed by atoms with Gasteiger partial charge < -0.3 is 9.47 Å². The molecule has 0 fully saturated rings. The Morgan fingerprint density at radius 2 is 1.75 bits per heavy atom.